The first kappa shape index (κ1) is 18.4. The van der Waals surface area contributed by atoms with Crippen LogP contribution in [0, 0.1) is 13.8 Å². The van der Waals surface area contributed by atoms with Gasteiger partial charge in [-0.1, -0.05) is 25.0 Å². The lowest BCUT2D eigenvalue weighted by molar-refractivity contribution is -0.121. The Bertz CT molecular complexity index is 931. The lowest BCUT2D eigenvalue weighted by Crippen LogP contribution is -2.37. The van der Waals surface area contributed by atoms with Gasteiger partial charge in [0.05, 0.1) is 5.41 Å². The molecule has 2 aliphatic heterocycles. The van der Waals surface area contributed by atoms with Gasteiger partial charge in [-0.15, -0.1) is 11.3 Å². The van der Waals surface area contributed by atoms with Crippen molar-refractivity contribution in [2.45, 2.75) is 83.2 Å². The Kier molecular flexibility index (Phi) is 4.59. The fourth-order valence-corrected chi connectivity index (χ4v) is 6.91. The number of anilines is 1. The Morgan fingerprint density at radius 2 is 2.14 bits per heavy atom. The van der Waals surface area contributed by atoms with Gasteiger partial charge in [0, 0.05) is 28.0 Å². The highest BCUT2D eigenvalue weighted by Crippen LogP contribution is 2.49. The zero-order valence-electron chi connectivity index (χ0n) is 17.0. The van der Waals surface area contributed by atoms with E-state index in [1.807, 2.05) is 11.3 Å². The first-order valence-corrected chi connectivity index (χ1v) is 11.6. The van der Waals surface area contributed by atoms with Crippen LogP contribution in [0.1, 0.15) is 70.5 Å². The molecule has 0 bridgehead atoms. The predicted octanol–water partition coefficient (Wildman–Crippen LogP) is 5.17. The predicted molar refractivity (Wildman–Crippen MR) is 116 cm³/mol. The monoisotopic (exact) mass is 394 g/mol. The van der Waals surface area contributed by atoms with E-state index < -0.39 is 0 Å². The van der Waals surface area contributed by atoms with Gasteiger partial charge in [0.2, 0.25) is 5.91 Å². The molecule has 2 unspecified atom stereocenters. The minimum absolute atomic E-state index is 0.249. The average molecular weight is 395 g/mol. The topological polar surface area (TPSA) is 41.1 Å². The van der Waals surface area contributed by atoms with Crippen molar-refractivity contribution < 1.29 is 4.79 Å². The van der Waals surface area contributed by atoms with Crippen molar-refractivity contribution in [3.63, 3.8) is 0 Å². The molecule has 3 heterocycles. The van der Waals surface area contributed by atoms with Crippen LogP contribution in [0.25, 0.3) is 0 Å². The normalized spacial score (nSPS) is 25.4. The van der Waals surface area contributed by atoms with Gasteiger partial charge >= 0.3 is 0 Å². The second-order valence-electron chi connectivity index (χ2n) is 8.94. The third kappa shape index (κ3) is 2.84. The summed E-state index contributed by atoms with van der Waals surface area (Å²) in [6.07, 6.45) is 8.97. The van der Waals surface area contributed by atoms with E-state index in [1.165, 1.54) is 40.8 Å². The molecule has 1 aromatic carbocycles. The van der Waals surface area contributed by atoms with Crippen LogP contribution in [0.5, 0.6) is 0 Å². The largest absolute Gasteiger partial charge is 0.325 e. The van der Waals surface area contributed by atoms with Crippen molar-refractivity contribution in [2.75, 3.05) is 5.32 Å². The molecule has 2 atom stereocenters. The van der Waals surface area contributed by atoms with Crippen LogP contribution >= 0.6 is 11.3 Å². The lowest BCUT2D eigenvalue weighted by Gasteiger charge is -2.33. The third-order valence-corrected chi connectivity index (χ3v) is 8.61. The molecule has 1 amide bonds. The molecule has 2 aromatic rings. The first-order valence-electron chi connectivity index (χ1n) is 10.8. The van der Waals surface area contributed by atoms with Crippen molar-refractivity contribution in [2.24, 2.45) is 0 Å². The van der Waals surface area contributed by atoms with Crippen LogP contribution in [0.15, 0.2) is 18.2 Å². The van der Waals surface area contributed by atoms with E-state index in [-0.39, 0.29) is 11.3 Å². The maximum atomic E-state index is 12.9. The third-order valence-electron chi connectivity index (χ3n) is 7.36. The molecular formula is C24H30N2OS. The zero-order chi connectivity index (χ0) is 19.3. The zero-order valence-corrected chi connectivity index (χ0v) is 17.8. The van der Waals surface area contributed by atoms with Gasteiger partial charge in [0.25, 0.3) is 0 Å². The number of benzene rings is 1. The van der Waals surface area contributed by atoms with Crippen LogP contribution in [-0.4, -0.2) is 11.9 Å². The molecule has 2 N–H and O–H groups in total. The number of nitrogens with one attached hydrogen (secondary N) is 2. The first-order chi connectivity index (χ1) is 13.6. The quantitative estimate of drug-likeness (QED) is 0.687. The minimum Gasteiger partial charge on any atom is -0.325 e. The molecule has 0 radical (unpaired) electrons. The summed E-state index contributed by atoms with van der Waals surface area (Å²) in [7, 11) is 0. The van der Waals surface area contributed by atoms with Gasteiger partial charge in [0.1, 0.15) is 0 Å². The maximum Gasteiger partial charge on any atom is 0.235 e. The van der Waals surface area contributed by atoms with E-state index in [9.17, 15) is 4.79 Å². The molecule has 3 aliphatic rings. The molecule has 4 heteroatoms. The van der Waals surface area contributed by atoms with E-state index in [2.05, 4.69) is 42.7 Å². The summed E-state index contributed by atoms with van der Waals surface area (Å²) in [6.45, 7) is 5.56. The van der Waals surface area contributed by atoms with Gasteiger partial charge in [-0.3, -0.25) is 4.79 Å². The maximum absolute atomic E-state index is 12.9. The summed E-state index contributed by atoms with van der Waals surface area (Å²) in [6, 6.07) is 6.98. The van der Waals surface area contributed by atoms with E-state index in [1.54, 1.807) is 10.4 Å². The number of thiophene rings is 1. The minimum atomic E-state index is -0.252. The molecule has 1 aliphatic carbocycles. The molecular weight excluding hydrogens is 364 g/mol. The van der Waals surface area contributed by atoms with Crippen molar-refractivity contribution in [1.82, 2.24) is 5.32 Å². The Morgan fingerprint density at radius 3 is 3.04 bits per heavy atom. The molecule has 1 aromatic heterocycles. The highest BCUT2D eigenvalue weighted by Gasteiger charge is 2.48. The van der Waals surface area contributed by atoms with Gasteiger partial charge in [0.15, 0.2) is 0 Å². The molecule has 0 fully saturated rings. The number of carbonyl (C=O) groups is 1. The van der Waals surface area contributed by atoms with Crippen molar-refractivity contribution in [1.29, 1.82) is 0 Å². The highest BCUT2D eigenvalue weighted by molar-refractivity contribution is 7.12. The van der Waals surface area contributed by atoms with Crippen LogP contribution in [0.3, 0.4) is 0 Å². The van der Waals surface area contributed by atoms with E-state index in [4.69, 9.17) is 0 Å². The summed E-state index contributed by atoms with van der Waals surface area (Å²) < 4.78 is 0. The Morgan fingerprint density at radius 1 is 1.25 bits per heavy atom. The van der Waals surface area contributed by atoms with Crippen LogP contribution in [0.4, 0.5) is 5.69 Å². The number of unbranched alkanes of at least 4 members (excludes halogenated alkanes) is 1. The standard InChI is InChI=1S/C24H30N2OS/c1-15-16(2)28-21-14-25-18(13-19(15)21)9-3-4-11-24-12-6-8-17-7-5-10-20(22(17)24)26-23(24)27/h5,7,10,18,25H,3-4,6,8-9,11-14H2,1-2H3,(H,26,27). The summed E-state index contributed by atoms with van der Waals surface area (Å²) >= 11 is 1.96. The Balaban J connectivity index is 1.22. The van der Waals surface area contributed by atoms with Gasteiger partial charge in [-0.2, -0.15) is 0 Å². The molecule has 28 heavy (non-hydrogen) atoms. The van der Waals surface area contributed by atoms with Crippen LogP contribution < -0.4 is 10.6 Å². The molecule has 0 spiro atoms. The molecule has 148 valence electrons. The highest BCUT2D eigenvalue weighted by atomic mass is 32.1. The fraction of sp³-hybridized carbons (Fsp3) is 0.542. The second kappa shape index (κ2) is 7.00. The summed E-state index contributed by atoms with van der Waals surface area (Å²) in [4.78, 5) is 15.9. The van der Waals surface area contributed by atoms with E-state index in [0.29, 0.717) is 6.04 Å². The molecule has 5 rings (SSSR count). The van der Waals surface area contributed by atoms with Crippen molar-refractivity contribution in [3.05, 3.63) is 50.2 Å². The van der Waals surface area contributed by atoms with Gasteiger partial charge in [-0.05, 0) is 80.7 Å². The molecule has 3 nitrogen and oxygen atoms in total. The SMILES string of the molecule is Cc1sc2c(c1C)CC(CCCCC13CCCc4cccc(c41)NC3=O)NC2. The summed E-state index contributed by atoms with van der Waals surface area (Å²) in [5.74, 6) is 0.249. The van der Waals surface area contributed by atoms with Gasteiger partial charge in [-0.25, -0.2) is 0 Å². The number of fused-ring (bicyclic) bond motifs is 1. The molecule has 0 saturated heterocycles. The molecule has 0 saturated carbocycles. The number of carbonyl (C=O) groups excluding carboxylic acids is 1. The smallest absolute Gasteiger partial charge is 0.235 e. The number of rotatable bonds is 5. The Hall–Kier alpha value is -1.65. The number of amides is 1. The van der Waals surface area contributed by atoms with E-state index in [0.717, 1.165) is 44.3 Å². The average Bonchev–Trinajstić information content (AvgIpc) is 3.15. The number of hydrogen-bond acceptors (Lipinski definition) is 3. The summed E-state index contributed by atoms with van der Waals surface area (Å²) in [5, 5.41) is 6.92. The van der Waals surface area contributed by atoms with Crippen LogP contribution in [0.2, 0.25) is 0 Å². The fourth-order valence-electron chi connectivity index (χ4n) is 5.75. The van der Waals surface area contributed by atoms with Crippen molar-refractivity contribution >= 4 is 22.9 Å². The van der Waals surface area contributed by atoms with E-state index >= 15 is 0 Å². The lowest BCUT2D eigenvalue weighted by atomic mass is 9.68. The second-order valence-corrected chi connectivity index (χ2v) is 10.3. The number of aryl methyl sites for hydroxylation is 2. The van der Waals surface area contributed by atoms with Crippen molar-refractivity contribution in [3.8, 4) is 0 Å². The van der Waals surface area contributed by atoms with Crippen LogP contribution in [-0.2, 0) is 29.6 Å². The van der Waals surface area contributed by atoms with Gasteiger partial charge < -0.3 is 10.6 Å². The Labute approximate surface area is 171 Å². The number of hydrogen-bond donors (Lipinski definition) is 2. The summed E-state index contributed by atoms with van der Waals surface area (Å²) in [5.41, 5.74) is 6.67.